The number of carbonyl (C=O) groups is 1. The second-order valence-corrected chi connectivity index (χ2v) is 6.01. The molecule has 0 unspecified atom stereocenters. The summed E-state index contributed by atoms with van der Waals surface area (Å²) < 4.78 is 0. The SMILES string of the molecule is CCc1ccccc1C(=O)N(CCN(C)C)Cc1nc[nH]c1C. The van der Waals surface area contributed by atoms with Gasteiger partial charge in [-0.1, -0.05) is 25.1 Å². The Hall–Kier alpha value is -2.14. The van der Waals surface area contributed by atoms with Crippen LogP contribution in [0.3, 0.4) is 0 Å². The van der Waals surface area contributed by atoms with Crippen molar-refractivity contribution in [3.05, 3.63) is 53.1 Å². The van der Waals surface area contributed by atoms with Gasteiger partial charge in [-0.05, 0) is 39.1 Å². The van der Waals surface area contributed by atoms with Crippen molar-refractivity contribution in [3.8, 4) is 0 Å². The van der Waals surface area contributed by atoms with Crippen molar-refractivity contribution >= 4 is 5.91 Å². The Labute approximate surface area is 138 Å². The molecule has 0 aliphatic heterocycles. The summed E-state index contributed by atoms with van der Waals surface area (Å²) in [5.41, 5.74) is 3.82. The van der Waals surface area contributed by atoms with Crippen LogP contribution < -0.4 is 0 Å². The summed E-state index contributed by atoms with van der Waals surface area (Å²) in [4.78, 5) is 24.4. The monoisotopic (exact) mass is 314 g/mol. The predicted molar refractivity (Wildman–Crippen MR) is 92.4 cm³/mol. The molecule has 0 bridgehead atoms. The molecule has 0 fully saturated rings. The van der Waals surface area contributed by atoms with Crippen LogP contribution in [-0.4, -0.2) is 52.9 Å². The molecular weight excluding hydrogens is 288 g/mol. The van der Waals surface area contributed by atoms with E-state index in [4.69, 9.17) is 0 Å². The van der Waals surface area contributed by atoms with Gasteiger partial charge in [0, 0.05) is 24.3 Å². The van der Waals surface area contributed by atoms with Gasteiger partial charge in [0.05, 0.1) is 18.6 Å². The minimum atomic E-state index is 0.0756. The number of benzene rings is 1. The summed E-state index contributed by atoms with van der Waals surface area (Å²) in [6, 6.07) is 7.85. The van der Waals surface area contributed by atoms with Crippen molar-refractivity contribution in [1.82, 2.24) is 19.8 Å². The zero-order valence-electron chi connectivity index (χ0n) is 14.5. The van der Waals surface area contributed by atoms with Gasteiger partial charge in [-0.2, -0.15) is 0 Å². The number of nitrogens with one attached hydrogen (secondary N) is 1. The first-order valence-electron chi connectivity index (χ1n) is 8.03. The van der Waals surface area contributed by atoms with Gasteiger partial charge >= 0.3 is 0 Å². The van der Waals surface area contributed by atoms with Crippen molar-refractivity contribution in [2.45, 2.75) is 26.8 Å². The van der Waals surface area contributed by atoms with Gasteiger partial charge in [0.2, 0.25) is 0 Å². The Morgan fingerprint density at radius 3 is 2.57 bits per heavy atom. The maximum Gasteiger partial charge on any atom is 0.254 e. The third-order valence-electron chi connectivity index (χ3n) is 4.01. The molecule has 0 aliphatic rings. The van der Waals surface area contributed by atoms with Crippen LogP contribution in [0.1, 0.15) is 34.2 Å². The van der Waals surface area contributed by atoms with Gasteiger partial charge in [0.25, 0.3) is 5.91 Å². The number of aromatic amines is 1. The Kier molecular flexibility index (Phi) is 5.93. The highest BCUT2D eigenvalue weighted by molar-refractivity contribution is 5.95. The lowest BCUT2D eigenvalue weighted by atomic mass is 10.0. The molecule has 124 valence electrons. The average molecular weight is 314 g/mol. The Morgan fingerprint density at radius 2 is 1.96 bits per heavy atom. The first kappa shape index (κ1) is 17.2. The highest BCUT2D eigenvalue weighted by atomic mass is 16.2. The zero-order valence-corrected chi connectivity index (χ0v) is 14.5. The van der Waals surface area contributed by atoms with E-state index in [-0.39, 0.29) is 5.91 Å². The smallest absolute Gasteiger partial charge is 0.254 e. The quantitative estimate of drug-likeness (QED) is 0.854. The fourth-order valence-electron chi connectivity index (χ4n) is 2.51. The van der Waals surface area contributed by atoms with Crippen LogP contribution in [0.15, 0.2) is 30.6 Å². The first-order valence-corrected chi connectivity index (χ1v) is 8.03. The number of rotatable bonds is 7. The van der Waals surface area contributed by atoms with E-state index in [1.165, 1.54) is 0 Å². The van der Waals surface area contributed by atoms with E-state index >= 15 is 0 Å². The highest BCUT2D eigenvalue weighted by Crippen LogP contribution is 2.15. The fourth-order valence-corrected chi connectivity index (χ4v) is 2.51. The number of carbonyl (C=O) groups excluding carboxylic acids is 1. The second-order valence-electron chi connectivity index (χ2n) is 6.01. The fraction of sp³-hybridized carbons (Fsp3) is 0.444. The number of likely N-dealkylation sites (N-methyl/N-ethyl adjacent to an activating group) is 1. The van der Waals surface area contributed by atoms with Gasteiger partial charge < -0.3 is 14.8 Å². The Morgan fingerprint density at radius 1 is 1.22 bits per heavy atom. The standard InChI is InChI=1S/C18H26N4O/c1-5-15-8-6-7-9-16(15)18(23)22(11-10-21(3)4)12-17-14(2)19-13-20-17/h6-9,13H,5,10-12H2,1-4H3,(H,19,20). The summed E-state index contributed by atoms with van der Waals surface area (Å²) >= 11 is 0. The normalized spacial score (nSPS) is 11.0. The largest absolute Gasteiger partial charge is 0.348 e. The Balaban J connectivity index is 2.24. The van der Waals surface area contributed by atoms with Crippen LogP contribution in [0.4, 0.5) is 0 Å². The molecule has 0 saturated carbocycles. The van der Waals surface area contributed by atoms with Gasteiger partial charge in [0.15, 0.2) is 0 Å². The van der Waals surface area contributed by atoms with Crippen molar-refractivity contribution < 1.29 is 4.79 Å². The van der Waals surface area contributed by atoms with Crippen LogP contribution >= 0.6 is 0 Å². The molecule has 2 aromatic rings. The topological polar surface area (TPSA) is 52.2 Å². The Bertz CT molecular complexity index is 648. The van der Waals surface area contributed by atoms with Crippen LogP contribution in [-0.2, 0) is 13.0 Å². The van der Waals surface area contributed by atoms with Crippen molar-refractivity contribution in [2.75, 3.05) is 27.2 Å². The molecule has 0 radical (unpaired) electrons. The van der Waals surface area contributed by atoms with E-state index in [2.05, 4.69) is 21.8 Å². The molecule has 0 aliphatic carbocycles. The number of aryl methyl sites for hydroxylation is 2. The molecular formula is C18H26N4O. The molecule has 1 heterocycles. The number of hydrogen-bond donors (Lipinski definition) is 1. The van der Waals surface area contributed by atoms with Crippen molar-refractivity contribution in [1.29, 1.82) is 0 Å². The maximum atomic E-state index is 13.0. The molecule has 1 aromatic heterocycles. The minimum absolute atomic E-state index is 0.0756. The van der Waals surface area contributed by atoms with Crippen LogP contribution in [0.5, 0.6) is 0 Å². The van der Waals surface area contributed by atoms with Crippen molar-refractivity contribution in [2.24, 2.45) is 0 Å². The molecule has 1 N–H and O–H groups in total. The average Bonchev–Trinajstić information content (AvgIpc) is 2.95. The van der Waals surface area contributed by atoms with Gasteiger partial charge in [-0.15, -0.1) is 0 Å². The third kappa shape index (κ3) is 4.42. The number of amides is 1. The summed E-state index contributed by atoms with van der Waals surface area (Å²) in [5.74, 6) is 0.0756. The number of imidazole rings is 1. The number of aromatic nitrogens is 2. The molecule has 2 rings (SSSR count). The summed E-state index contributed by atoms with van der Waals surface area (Å²) in [6.07, 6.45) is 2.53. The third-order valence-corrected chi connectivity index (χ3v) is 4.01. The van der Waals surface area contributed by atoms with Gasteiger partial charge in [-0.25, -0.2) is 4.98 Å². The van der Waals surface area contributed by atoms with Crippen LogP contribution in [0.2, 0.25) is 0 Å². The summed E-state index contributed by atoms with van der Waals surface area (Å²) in [6.45, 7) is 6.09. The lowest BCUT2D eigenvalue weighted by Gasteiger charge is -2.25. The van der Waals surface area contributed by atoms with Gasteiger partial charge in [0.1, 0.15) is 0 Å². The lowest BCUT2D eigenvalue weighted by Crippen LogP contribution is -2.37. The van der Waals surface area contributed by atoms with E-state index in [9.17, 15) is 4.79 Å². The molecule has 0 atom stereocenters. The molecule has 1 aromatic carbocycles. The van der Waals surface area contributed by atoms with E-state index in [0.717, 1.165) is 35.5 Å². The number of nitrogens with zero attached hydrogens (tertiary/aromatic N) is 3. The molecule has 23 heavy (non-hydrogen) atoms. The molecule has 0 spiro atoms. The van der Waals surface area contributed by atoms with E-state index in [1.54, 1.807) is 6.33 Å². The highest BCUT2D eigenvalue weighted by Gasteiger charge is 2.20. The first-order chi connectivity index (χ1) is 11.0. The number of hydrogen-bond acceptors (Lipinski definition) is 3. The van der Waals surface area contributed by atoms with E-state index in [1.807, 2.05) is 50.2 Å². The van der Waals surface area contributed by atoms with E-state index in [0.29, 0.717) is 13.1 Å². The summed E-state index contributed by atoms with van der Waals surface area (Å²) in [5, 5.41) is 0. The second kappa shape index (κ2) is 7.92. The maximum absolute atomic E-state index is 13.0. The van der Waals surface area contributed by atoms with Crippen molar-refractivity contribution in [3.63, 3.8) is 0 Å². The molecule has 5 heteroatoms. The van der Waals surface area contributed by atoms with Crippen LogP contribution in [0.25, 0.3) is 0 Å². The lowest BCUT2D eigenvalue weighted by molar-refractivity contribution is 0.0728. The molecule has 5 nitrogen and oxygen atoms in total. The van der Waals surface area contributed by atoms with Gasteiger partial charge in [-0.3, -0.25) is 4.79 Å². The number of H-pyrrole nitrogens is 1. The zero-order chi connectivity index (χ0) is 16.8. The molecule has 0 saturated heterocycles. The van der Waals surface area contributed by atoms with Crippen LogP contribution in [0, 0.1) is 6.92 Å². The minimum Gasteiger partial charge on any atom is -0.348 e. The molecule has 1 amide bonds. The predicted octanol–water partition coefficient (Wildman–Crippen LogP) is 2.48. The summed E-state index contributed by atoms with van der Waals surface area (Å²) in [7, 11) is 4.03. The van der Waals surface area contributed by atoms with E-state index < -0.39 is 0 Å².